The van der Waals surface area contributed by atoms with Crippen LogP contribution in [0.3, 0.4) is 0 Å². The van der Waals surface area contributed by atoms with Crippen molar-refractivity contribution >= 4 is 0 Å². The Labute approximate surface area is 91.4 Å². The number of aromatic nitrogens is 2. The number of rotatable bonds is 6. The lowest BCUT2D eigenvalue weighted by Gasteiger charge is -2.15. The summed E-state index contributed by atoms with van der Waals surface area (Å²) in [4.78, 5) is 0. The van der Waals surface area contributed by atoms with Gasteiger partial charge in [-0.15, -0.1) is 0 Å². The van der Waals surface area contributed by atoms with E-state index in [1.165, 1.54) is 0 Å². The topological polar surface area (TPSA) is 53.1 Å². The maximum absolute atomic E-state index is 5.72. The molecule has 0 aliphatic heterocycles. The van der Waals surface area contributed by atoms with Gasteiger partial charge in [0.05, 0.1) is 12.3 Å². The summed E-state index contributed by atoms with van der Waals surface area (Å²) in [6, 6.07) is 0. The zero-order valence-corrected chi connectivity index (χ0v) is 9.81. The molecule has 1 unspecified atom stereocenters. The lowest BCUT2D eigenvalue weighted by atomic mass is 10.1. The number of nitrogens with two attached hydrogens (primary N) is 1. The van der Waals surface area contributed by atoms with Gasteiger partial charge in [0.25, 0.3) is 0 Å². The maximum Gasteiger partial charge on any atom is 0.0977 e. The molecule has 1 aromatic rings. The average Bonchev–Trinajstić information content (AvgIpc) is 2.59. The van der Waals surface area contributed by atoms with Crippen molar-refractivity contribution < 1.29 is 4.74 Å². The van der Waals surface area contributed by atoms with Gasteiger partial charge in [-0.05, 0) is 12.3 Å². The summed E-state index contributed by atoms with van der Waals surface area (Å²) in [5.74, 6) is 0.664. The minimum Gasteiger partial charge on any atom is -0.372 e. The third-order valence-corrected chi connectivity index (χ3v) is 2.32. The van der Waals surface area contributed by atoms with Crippen molar-refractivity contribution in [1.29, 1.82) is 0 Å². The van der Waals surface area contributed by atoms with Gasteiger partial charge in [0.1, 0.15) is 0 Å². The molecule has 1 heterocycles. The zero-order chi connectivity index (χ0) is 11.3. The quantitative estimate of drug-likeness (QED) is 0.775. The van der Waals surface area contributed by atoms with Crippen molar-refractivity contribution in [3.05, 3.63) is 18.0 Å². The van der Waals surface area contributed by atoms with Crippen LogP contribution >= 0.6 is 0 Å². The number of nitrogens with zero attached hydrogens (tertiary/aromatic N) is 2. The Bertz CT molecular complexity index is 283. The molecule has 15 heavy (non-hydrogen) atoms. The van der Waals surface area contributed by atoms with Gasteiger partial charge in [0.2, 0.25) is 0 Å². The molecule has 1 rings (SSSR count). The van der Waals surface area contributed by atoms with Gasteiger partial charge in [0.15, 0.2) is 0 Å². The summed E-state index contributed by atoms with van der Waals surface area (Å²) >= 11 is 0. The third-order valence-electron chi connectivity index (χ3n) is 2.32. The summed E-state index contributed by atoms with van der Waals surface area (Å²) in [6.07, 6.45) is 4.81. The molecule has 1 aromatic heterocycles. The second kappa shape index (κ2) is 5.88. The first-order valence-electron chi connectivity index (χ1n) is 5.43. The highest BCUT2D eigenvalue weighted by Crippen LogP contribution is 2.15. The van der Waals surface area contributed by atoms with E-state index in [2.05, 4.69) is 18.9 Å². The lowest BCUT2D eigenvalue weighted by Crippen LogP contribution is -2.16. The van der Waals surface area contributed by atoms with Crippen LogP contribution in [0.15, 0.2) is 12.4 Å². The molecule has 0 aliphatic rings. The van der Waals surface area contributed by atoms with Crippen LogP contribution in [0.5, 0.6) is 0 Å². The highest BCUT2D eigenvalue weighted by Gasteiger charge is 2.11. The van der Waals surface area contributed by atoms with Crippen LogP contribution in [-0.2, 0) is 11.8 Å². The Balaban J connectivity index is 2.42. The van der Waals surface area contributed by atoms with Crippen LogP contribution < -0.4 is 5.73 Å². The summed E-state index contributed by atoms with van der Waals surface area (Å²) in [5.41, 5.74) is 6.73. The zero-order valence-electron chi connectivity index (χ0n) is 9.81. The smallest absolute Gasteiger partial charge is 0.0977 e. The largest absolute Gasteiger partial charge is 0.372 e. The molecule has 0 saturated carbocycles. The highest BCUT2D eigenvalue weighted by atomic mass is 16.5. The fraction of sp³-hybridized carbons (Fsp3) is 0.727. The molecule has 0 amide bonds. The van der Waals surface area contributed by atoms with Gasteiger partial charge >= 0.3 is 0 Å². The van der Waals surface area contributed by atoms with Crippen molar-refractivity contribution in [1.82, 2.24) is 9.78 Å². The first-order chi connectivity index (χ1) is 7.13. The SMILES string of the molecule is CC(C)CCOC(CN)c1cnn(C)c1. The molecule has 0 aliphatic carbocycles. The molecule has 0 spiro atoms. The second-order valence-corrected chi connectivity index (χ2v) is 4.22. The standard InChI is InChI=1S/C11H21N3O/c1-9(2)4-5-15-11(6-12)10-7-13-14(3)8-10/h7-9,11H,4-6,12H2,1-3H3. The molecule has 0 radical (unpaired) electrons. The van der Waals surface area contributed by atoms with Gasteiger partial charge in [-0.1, -0.05) is 13.8 Å². The van der Waals surface area contributed by atoms with Crippen molar-refractivity contribution in [2.24, 2.45) is 18.7 Å². The van der Waals surface area contributed by atoms with Crippen LogP contribution in [0.4, 0.5) is 0 Å². The number of hydrogen-bond donors (Lipinski definition) is 1. The Morgan fingerprint density at radius 1 is 1.53 bits per heavy atom. The van der Waals surface area contributed by atoms with Crippen LogP contribution in [0, 0.1) is 5.92 Å². The van der Waals surface area contributed by atoms with Crippen molar-refractivity contribution in [2.75, 3.05) is 13.2 Å². The summed E-state index contributed by atoms with van der Waals surface area (Å²) in [7, 11) is 1.89. The molecular formula is C11H21N3O. The molecule has 0 saturated heterocycles. The normalized spacial score (nSPS) is 13.4. The Morgan fingerprint density at radius 2 is 2.27 bits per heavy atom. The predicted octanol–water partition coefficient (Wildman–Crippen LogP) is 1.48. The van der Waals surface area contributed by atoms with Gasteiger partial charge in [-0.3, -0.25) is 4.68 Å². The van der Waals surface area contributed by atoms with E-state index in [0.29, 0.717) is 12.5 Å². The predicted molar refractivity (Wildman–Crippen MR) is 60.4 cm³/mol. The van der Waals surface area contributed by atoms with E-state index in [1.807, 2.05) is 19.4 Å². The van der Waals surface area contributed by atoms with E-state index in [-0.39, 0.29) is 6.10 Å². The van der Waals surface area contributed by atoms with E-state index in [9.17, 15) is 0 Å². The van der Waals surface area contributed by atoms with E-state index >= 15 is 0 Å². The first kappa shape index (κ1) is 12.2. The minimum absolute atomic E-state index is 0.0163. The Kier molecular flexibility index (Phi) is 4.78. The molecule has 1 atom stereocenters. The minimum atomic E-state index is -0.0163. The summed E-state index contributed by atoms with van der Waals surface area (Å²) in [6.45, 7) is 5.63. The molecule has 2 N–H and O–H groups in total. The van der Waals surface area contributed by atoms with Gasteiger partial charge in [-0.2, -0.15) is 5.10 Å². The maximum atomic E-state index is 5.72. The van der Waals surface area contributed by atoms with E-state index in [1.54, 1.807) is 4.68 Å². The highest BCUT2D eigenvalue weighted by molar-refractivity contribution is 5.08. The monoisotopic (exact) mass is 211 g/mol. The third kappa shape index (κ3) is 4.01. The fourth-order valence-corrected chi connectivity index (χ4v) is 1.35. The summed E-state index contributed by atoms with van der Waals surface area (Å²) < 4.78 is 7.49. The molecular weight excluding hydrogens is 190 g/mol. The first-order valence-corrected chi connectivity index (χ1v) is 5.43. The van der Waals surface area contributed by atoms with Crippen molar-refractivity contribution in [3.8, 4) is 0 Å². The van der Waals surface area contributed by atoms with Crippen LogP contribution in [0.1, 0.15) is 31.9 Å². The molecule has 0 aromatic carbocycles. The summed E-state index contributed by atoms with van der Waals surface area (Å²) in [5, 5.41) is 4.11. The number of aryl methyl sites for hydroxylation is 1. The van der Waals surface area contributed by atoms with E-state index in [0.717, 1.165) is 18.6 Å². The van der Waals surface area contributed by atoms with E-state index in [4.69, 9.17) is 10.5 Å². The number of ether oxygens (including phenoxy) is 1. The van der Waals surface area contributed by atoms with Crippen molar-refractivity contribution in [2.45, 2.75) is 26.4 Å². The Hall–Kier alpha value is -0.870. The molecule has 4 heteroatoms. The molecule has 86 valence electrons. The number of hydrogen-bond acceptors (Lipinski definition) is 3. The average molecular weight is 211 g/mol. The van der Waals surface area contributed by atoms with Crippen LogP contribution in [0.2, 0.25) is 0 Å². The van der Waals surface area contributed by atoms with Gasteiger partial charge in [0, 0.05) is 32.0 Å². The van der Waals surface area contributed by atoms with Crippen LogP contribution in [0.25, 0.3) is 0 Å². The Morgan fingerprint density at radius 3 is 2.73 bits per heavy atom. The van der Waals surface area contributed by atoms with Gasteiger partial charge in [-0.25, -0.2) is 0 Å². The fourth-order valence-electron chi connectivity index (χ4n) is 1.35. The van der Waals surface area contributed by atoms with Crippen molar-refractivity contribution in [3.63, 3.8) is 0 Å². The van der Waals surface area contributed by atoms with E-state index < -0.39 is 0 Å². The van der Waals surface area contributed by atoms with Gasteiger partial charge < -0.3 is 10.5 Å². The second-order valence-electron chi connectivity index (χ2n) is 4.22. The molecule has 0 bridgehead atoms. The lowest BCUT2D eigenvalue weighted by molar-refractivity contribution is 0.0515. The molecule has 4 nitrogen and oxygen atoms in total. The van der Waals surface area contributed by atoms with Crippen LogP contribution in [-0.4, -0.2) is 22.9 Å². The molecule has 0 fully saturated rings.